The van der Waals surface area contributed by atoms with Crippen LogP contribution in [-0.4, -0.2) is 38.0 Å². The number of amides is 2. The Morgan fingerprint density at radius 1 is 0.892 bits per heavy atom. The van der Waals surface area contributed by atoms with E-state index in [1.165, 1.54) is 37.8 Å². The standard InChI is InChI=1S/C31H44N4O2/c1-24(2)31(37)35-19-10-5-3-4-7-16-32-23-27-21-26(14-15-29(27)35)30(36)33-22-25-12-11-13-28(20-25)34-17-8-6-9-18-34/h11-15,20-21,24,32H,3-10,16-19,22-23H2,1-2H3,(H,33,36). The molecule has 0 unspecified atom stereocenters. The molecule has 0 saturated carbocycles. The summed E-state index contributed by atoms with van der Waals surface area (Å²) in [6.45, 7) is 8.94. The first-order valence-electron chi connectivity index (χ1n) is 14.3. The van der Waals surface area contributed by atoms with Crippen molar-refractivity contribution in [3.63, 3.8) is 0 Å². The Labute approximate surface area is 222 Å². The minimum Gasteiger partial charge on any atom is -0.372 e. The van der Waals surface area contributed by atoms with Crippen molar-refractivity contribution in [3.8, 4) is 0 Å². The third-order valence-corrected chi connectivity index (χ3v) is 7.53. The van der Waals surface area contributed by atoms with Crippen LogP contribution in [0.25, 0.3) is 0 Å². The number of carbonyl (C=O) groups excluding carboxylic acids is 2. The molecule has 0 aliphatic carbocycles. The normalized spacial score (nSPS) is 17.5. The summed E-state index contributed by atoms with van der Waals surface area (Å²) in [5.74, 6) is -0.0134. The Morgan fingerprint density at radius 2 is 1.62 bits per heavy atom. The molecule has 0 bridgehead atoms. The van der Waals surface area contributed by atoms with Gasteiger partial charge in [0.15, 0.2) is 0 Å². The van der Waals surface area contributed by atoms with E-state index in [9.17, 15) is 9.59 Å². The first kappa shape index (κ1) is 27.2. The molecule has 0 aromatic heterocycles. The molecule has 2 N–H and O–H groups in total. The van der Waals surface area contributed by atoms with Crippen LogP contribution in [0.2, 0.25) is 0 Å². The Bertz CT molecular complexity index is 1050. The number of hydrogen-bond donors (Lipinski definition) is 2. The van der Waals surface area contributed by atoms with Crippen molar-refractivity contribution in [2.75, 3.05) is 36.0 Å². The molecule has 2 aromatic rings. The zero-order valence-electron chi connectivity index (χ0n) is 22.7. The fourth-order valence-corrected chi connectivity index (χ4v) is 5.37. The molecular weight excluding hydrogens is 460 g/mol. The van der Waals surface area contributed by atoms with E-state index in [-0.39, 0.29) is 17.7 Å². The van der Waals surface area contributed by atoms with Gasteiger partial charge in [-0.15, -0.1) is 0 Å². The van der Waals surface area contributed by atoms with Crippen LogP contribution in [0.15, 0.2) is 42.5 Å². The summed E-state index contributed by atoms with van der Waals surface area (Å²) in [5.41, 5.74) is 4.92. The zero-order chi connectivity index (χ0) is 26.0. The van der Waals surface area contributed by atoms with Gasteiger partial charge in [0.05, 0.1) is 0 Å². The van der Waals surface area contributed by atoms with E-state index in [1.807, 2.05) is 36.9 Å². The van der Waals surface area contributed by atoms with E-state index in [0.717, 1.165) is 62.3 Å². The Hall–Kier alpha value is -2.86. The maximum Gasteiger partial charge on any atom is 0.251 e. The third kappa shape index (κ3) is 7.57. The zero-order valence-corrected chi connectivity index (χ0v) is 22.7. The van der Waals surface area contributed by atoms with Gasteiger partial charge in [0.1, 0.15) is 0 Å². The topological polar surface area (TPSA) is 64.7 Å². The fourth-order valence-electron chi connectivity index (χ4n) is 5.37. The first-order valence-corrected chi connectivity index (χ1v) is 14.3. The molecule has 2 aromatic carbocycles. The molecular formula is C31H44N4O2. The van der Waals surface area contributed by atoms with Gasteiger partial charge in [0.25, 0.3) is 5.91 Å². The van der Waals surface area contributed by atoms with E-state index in [1.54, 1.807) is 0 Å². The van der Waals surface area contributed by atoms with E-state index in [0.29, 0.717) is 18.7 Å². The SMILES string of the molecule is CC(C)C(=O)N1CCCCCCCNCc2cc(C(=O)NCc3cccc(N4CCCCC4)c3)ccc21. The number of fused-ring (bicyclic) bond motifs is 1. The van der Waals surface area contributed by atoms with Crippen molar-refractivity contribution in [3.05, 3.63) is 59.2 Å². The number of rotatable bonds is 5. The monoisotopic (exact) mass is 504 g/mol. The predicted octanol–water partition coefficient (Wildman–Crippen LogP) is 5.65. The molecule has 6 nitrogen and oxygen atoms in total. The summed E-state index contributed by atoms with van der Waals surface area (Å²) in [4.78, 5) is 30.7. The third-order valence-electron chi connectivity index (χ3n) is 7.53. The van der Waals surface area contributed by atoms with E-state index in [4.69, 9.17) is 0 Å². The molecule has 1 fully saturated rings. The van der Waals surface area contributed by atoms with Crippen LogP contribution in [0, 0.1) is 5.92 Å². The first-order chi connectivity index (χ1) is 18.0. The van der Waals surface area contributed by atoms with Crippen LogP contribution in [-0.2, 0) is 17.9 Å². The number of piperidine rings is 1. The highest BCUT2D eigenvalue weighted by Gasteiger charge is 2.22. The Balaban J connectivity index is 1.49. The molecule has 2 aliphatic rings. The minimum absolute atomic E-state index is 0.0719. The van der Waals surface area contributed by atoms with Crippen molar-refractivity contribution in [1.29, 1.82) is 0 Å². The number of carbonyl (C=O) groups is 2. The van der Waals surface area contributed by atoms with Gasteiger partial charge in [-0.05, 0) is 80.1 Å². The maximum absolute atomic E-state index is 13.2. The second-order valence-corrected chi connectivity index (χ2v) is 10.8. The molecule has 6 heteroatoms. The van der Waals surface area contributed by atoms with Gasteiger partial charge in [-0.1, -0.05) is 45.2 Å². The van der Waals surface area contributed by atoms with Crippen molar-refractivity contribution in [2.45, 2.75) is 78.3 Å². The molecule has 0 atom stereocenters. The second-order valence-electron chi connectivity index (χ2n) is 10.8. The molecule has 200 valence electrons. The molecule has 2 aliphatic heterocycles. The van der Waals surface area contributed by atoms with E-state index in [2.05, 4.69) is 39.8 Å². The largest absolute Gasteiger partial charge is 0.372 e. The summed E-state index contributed by atoms with van der Waals surface area (Å²) in [6, 6.07) is 14.3. The smallest absolute Gasteiger partial charge is 0.251 e. The molecule has 0 spiro atoms. The second kappa shape index (κ2) is 13.6. The summed E-state index contributed by atoms with van der Waals surface area (Å²) in [5, 5.41) is 6.65. The Kier molecular flexibility index (Phi) is 10.0. The Morgan fingerprint density at radius 3 is 2.43 bits per heavy atom. The lowest BCUT2D eigenvalue weighted by Gasteiger charge is -2.29. The van der Waals surface area contributed by atoms with Crippen LogP contribution in [0.5, 0.6) is 0 Å². The van der Waals surface area contributed by atoms with E-state index >= 15 is 0 Å². The quantitative estimate of drug-likeness (QED) is 0.552. The van der Waals surface area contributed by atoms with Gasteiger partial charge in [0, 0.05) is 55.6 Å². The van der Waals surface area contributed by atoms with Gasteiger partial charge >= 0.3 is 0 Å². The van der Waals surface area contributed by atoms with Gasteiger partial charge in [-0.25, -0.2) is 0 Å². The molecule has 4 rings (SSSR count). The van der Waals surface area contributed by atoms with E-state index < -0.39 is 0 Å². The molecule has 2 amide bonds. The lowest BCUT2D eigenvalue weighted by atomic mass is 10.0. The summed E-state index contributed by atoms with van der Waals surface area (Å²) in [7, 11) is 0. The van der Waals surface area contributed by atoms with Gasteiger partial charge < -0.3 is 20.4 Å². The van der Waals surface area contributed by atoms with Crippen molar-refractivity contribution in [1.82, 2.24) is 10.6 Å². The number of nitrogens with zero attached hydrogens (tertiary/aromatic N) is 2. The predicted molar refractivity (Wildman–Crippen MR) is 152 cm³/mol. The van der Waals surface area contributed by atoms with Crippen molar-refractivity contribution < 1.29 is 9.59 Å². The van der Waals surface area contributed by atoms with Crippen molar-refractivity contribution >= 4 is 23.2 Å². The highest BCUT2D eigenvalue weighted by Crippen LogP contribution is 2.26. The van der Waals surface area contributed by atoms with Gasteiger partial charge in [0.2, 0.25) is 5.91 Å². The van der Waals surface area contributed by atoms with Crippen LogP contribution >= 0.6 is 0 Å². The number of anilines is 2. The average molecular weight is 505 g/mol. The van der Waals surface area contributed by atoms with Crippen LogP contribution in [0.4, 0.5) is 11.4 Å². The number of benzene rings is 2. The number of hydrogen-bond acceptors (Lipinski definition) is 4. The summed E-state index contributed by atoms with van der Waals surface area (Å²) < 4.78 is 0. The van der Waals surface area contributed by atoms with Crippen molar-refractivity contribution in [2.24, 2.45) is 5.92 Å². The summed E-state index contributed by atoms with van der Waals surface area (Å²) >= 11 is 0. The number of nitrogens with one attached hydrogen (secondary N) is 2. The average Bonchev–Trinajstić information content (AvgIpc) is 2.92. The maximum atomic E-state index is 13.2. The fraction of sp³-hybridized carbons (Fsp3) is 0.548. The lowest BCUT2D eigenvalue weighted by Crippen LogP contribution is -2.36. The van der Waals surface area contributed by atoms with Gasteiger partial charge in [-0.2, -0.15) is 0 Å². The lowest BCUT2D eigenvalue weighted by molar-refractivity contribution is -0.121. The molecule has 1 saturated heterocycles. The highest BCUT2D eigenvalue weighted by atomic mass is 16.2. The van der Waals surface area contributed by atoms with Crippen LogP contribution < -0.4 is 20.4 Å². The molecule has 0 radical (unpaired) electrons. The van der Waals surface area contributed by atoms with Crippen LogP contribution in [0.1, 0.15) is 86.7 Å². The molecule has 37 heavy (non-hydrogen) atoms. The van der Waals surface area contributed by atoms with Gasteiger partial charge in [-0.3, -0.25) is 9.59 Å². The molecule has 2 heterocycles. The highest BCUT2D eigenvalue weighted by molar-refractivity contribution is 5.98. The minimum atomic E-state index is -0.0842. The summed E-state index contributed by atoms with van der Waals surface area (Å²) in [6.07, 6.45) is 9.51. The van der Waals surface area contributed by atoms with Crippen LogP contribution in [0.3, 0.4) is 0 Å².